The summed E-state index contributed by atoms with van der Waals surface area (Å²) < 4.78 is 11.0. The largest absolute Gasteiger partial charge is 0.377 e. The first-order valence-electron chi connectivity index (χ1n) is 6.51. The van der Waals surface area contributed by atoms with Gasteiger partial charge >= 0.3 is 0 Å². The Bertz CT molecular complexity index is 206. The Balaban J connectivity index is 3.32. The number of rotatable bonds is 7. The van der Waals surface area contributed by atoms with E-state index in [-0.39, 0.29) is 5.41 Å². The standard InChI is InChI=1S/C15H30O2/c1-14(2,3)9-12-16-10-7-8-11-17-13-15(4,5)6/h7-8H,9-13H2,1-6H3/b8-7+. The second-order valence-corrected chi connectivity index (χ2v) is 6.93. The average Bonchev–Trinajstić information content (AvgIpc) is 2.11. The third-order valence-corrected chi connectivity index (χ3v) is 2.13. The van der Waals surface area contributed by atoms with E-state index in [1.165, 1.54) is 0 Å². The molecule has 0 spiro atoms. The molecule has 0 aliphatic carbocycles. The van der Waals surface area contributed by atoms with Gasteiger partial charge in [0, 0.05) is 6.61 Å². The Kier molecular flexibility index (Phi) is 7.73. The van der Waals surface area contributed by atoms with E-state index in [0.29, 0.717) is 18.6 Å². The fraction of sp³-hybridized carbons (Fsp3) is 0.867. The van der Waals surface area contributed by atoms with Crippen molar-refractivity contribution >= 4 is 0 Å². The molecule has 0 fully saturated rings. The van der Waals surface area contributed by atoms with Crippen molar-refractivity contribution < 1.29 is 9.47 Å². The SMILES string of the molecule is CC(C)(C)CCOC/C=C/COCC(C)(C)C. The van der Waals surface area contributed by atoms with Crippen LogP contribution >= 0.6 is 0 Å². The molecule has 102 valence electrons. The molecule has 0 N–H and O–H groups in total. The summed E-state index contributed by atoms with van der Waals surface area (Å²) in [5.74, 6) is 0. The van der Waals surface area contributed by atoms with Gasteiger partial charge in [0.1, 0.15) is 0 Å². The Morgan fingerprint density at radius 3 is 1.76 bits per heavy atom. The van der Waals surface area contributed by atoms with Crippen molar-refractivity contribution in [3.8, 4) is 0 Å². The van der Waals surface area contributed by atoms with Crippen LogP contribution in [-0.4, -0.2) is 26.4 Å². The van der Waals surface area contributed by atoms with Crippen molar-refractivity contribution in [1.82, 2.24) is 0 Å². The summed E-state index contributed by atoms with van der Waals surface area (Å²) >= 11 is 0. The van der Waals surface area contributed by atoms with Crippen LogP contribution in [0.5, 0.6) is 0 Å². The van der Waals surface area contributed by atoms with Gasteiger partial charge in [0.05, 0.1) is 19.8 Å². The molecule has 0 rings (SSSR count). The minimum Gasteiger partial charge on any atom is -0.377 e. The average molecular weight is 242 g/mol. The van der Waals surface area contributed by atoms with Crippen LogP contribution in [0.2, 0.25) is 0 Å². The molecule has 0 atom stereocenters. The predicted molar refractivity (Wildman–Crippen MR) is 74.3 cm³/mol. The minimum absolute atomic E-state index is 0.247. The molecule has 2 nitrogen and oxygen atoms in total. The maximum atomic E-state index is 5.52. The quantitative estimate of drug-likeness (QED) is 0.495. The highest BCUT2D eigenvalue weighted by molar-refractivity contribution is 4.81. The molecule has 17 heavy (non-hydrogen) atoms. The third kappa shape index (κ3) is 15.7. The lowest BCUT2D eigenvalue weighted by atomic mass is 9.93. The molecule has 0 aromatic carbocycles. The van der Waals surface area contributed by atoms with Gasteiger partial charge in [-0.3, -0.25) is 0 Å². The summed E-state index contributed by atoms with van der Waals surface area (Å²) in [6.07, 6.45) is 5.16. The summed E-state index contributed by atoms with van der Waals surface area (Å²) in [5, 5.41) is 0. The first kappa shape index (κ1) is 16.7. The lowest BCUT2D eigenvalue weighted by Gasteiger charge is -2.17. The summed E-state index contributed by atoms with van der Waals surface area (Å²) in [7, 11) is 0. The van der Waals surface area contributed by atoms with E-state index in [0.717, 1.165) is 19.6 Å². The zero-order valence-corrected chi connectivity index (χ0v) is 12.5. The van der Waals surface area contributed by atoms with Gasteiger partial charge in [-0.05, 0) is 17.3 Å². The van der Waals surface area contributed by atoms with Crippen molar-refractivity contribution in [2.75, 3.05) is 26.4 Å². The van der Waals surface area contributed by atoms with Gasteiger partial charge in [0.15, 0.2) is 0 Å². The second-order valence-electron chi connectivity index (χ2n) is 6.93. The van der Waals surface area contributed by atoms with E-state index in [1.807, 2.05) is 12.2 Å². The molecule has 0 saturated carbocycles. The molecule has 0 aromatic heterocycles. The van der Waals surface area contributed by atoms with Crippen molar-refractivity contribution in [2.45, 2.75) is 48.0 Å². The molecule has 2 heteroatoms. The van der Waals surface area contributed by atoms with Gasteiger partial charge in [-0.2, -0.15) is 0 Å². The smallest absolute Gasteiger partial charge is 0.0648 e. The van der Waals surface area contributed by atoms with E-state index in [2.05, 4.69) is 41.5 Å². The topological polar surface area (TPSA) is 18.5 Å². The summed E-state index contributed by atoms with van der Waals surface area (Å²) in [5.41, 5.74) is 0.608. The van der Waals surface area contributed by atoms with Gasteiger partial charge in [0.25, 0.3) is 0 Å². The zero-order valence-electron chi connectivity index (χ0n) is 12.5. The van der Waals surface area contributed by atoms with Crippen molar-refractivity contribution in [2.24, 2.45) is 10.8 Å². The van der Waals surface area contributed by atoms with Crippen LogP contribution in [-0.2, 0) is 9.47 Å². The molecule has 0 radical (unpaired) electrons. The first-order valence-corrected chi connectivity index (χ1v) is 6.51. The van der Waals surface area contributed by atoms with Crippen molar-refractivity contribution in [1.29, 1.82) is 0 Å². The fourth-order valence-corrected chi connectivity index (χ4v) is 1.10. The third-order valence-electron chi connectivity index (χ3n) is 2.13. The fourth-order valence-electron chi connectivity index (χ4n) is 1.10. The molecule has 0 amide bonds. The van der Waals surface area contributed by atoms with E-state index in [4.69, 9.17) is 9.47 Å². The van der Waals surface area contributed by atoms with Crippen LogP contribution in [0.3, 0.4) is 0 Å². The van der Waals surface area contributed by atoms with Crippen LogP contribution in [0.25, 0.3) is 0 Å². The van der Waals surface area contributed by atoms with Crippen molar-refractivity contribution in [3.63, 3.8) is 0 Å². The van der Waals surface area contributed by atoms with E-state index >= 15 is 0 Å². The van der Waals surface area contributed by atoms with E-state index < -0.39 is 0 Å². The van der Waals surface area contributed by atoms with E-state index in [1.54, 1.807) is 0 Å². The van der Waals surface area contributed by atoms with Gasteiger partial charge in [0.2, 0.25) is 0 Å². The highest BCUT2D eigenvalue weighted by atomic mass is 16.5. The van der Waals surface area contributed by atoms with Crippen LogP contribution < -0.4 is 0 Å². The highest BCUT2D eigenvalue weighted by Crippen LogP contribution is 2.17. The number of hydrogen-bond donors (Lipinski definition) is 0. The molecule has 0 heterocycles. The maximum absolute atomic E-state index is 5.52. The normalized spacial score (nSPS) is 13.5. The molecule has 0 aliphatic heterocycles. The van der Waals surface area contributed by atoms with Crippen LogP contribution in [0.1, 0.15) is 48.0 Å². The predicted octanol–water partition coefficient (Wildman–Crippen LogP) is 4.06. The Hall–Kier alpha value is -0.340. The van der Waals surface area contributed by atoms with Gasteiger partial charge in [-0.15, -0.1) is 0 Å². The summed E-state index contributed by atoms with van der Waals surface area (Å²) in [6.45, 7) is 16.2. The molecule has 0 unspecified atom stereocenters. The monoisotopic (exact) mass is 242 g/mol. The summed E-state index contributed by atoms with van der Waals surface area (Å²) in [4.78, 5) is 0. The van der Waals surface area contributed by atoms with Crippen LogP contribution in [0.15, 0.2) is 12.2 Å². The maximum Gasteiger partial charge on any atom is 0.0648 e. The molecule has 0 aromatic rings. The van der Waals surface area contributed by atoms with E-state index in [9.17, 15) is 0 Å². The minimum atomic E-state index is 0.247. The molecular formula is C15H30O2. The zero-order chi connectivity index (χ0) is 13.4. The Labute approximate surface area is 107 Å². The lowest BCUT2D eigenvalue weighted by Crippen LogP contribution is -2.14. The summed E-state index contributed by atoms with van der Waals surface area (Å²) in [6, 6.07) is 0. The number of hydrogen-bond acceptors (Lipinski definition) is 2. The van der Waals surface area contributed by atoms with Crippen LogP contribution in [0, 0.1) is 10.8 Å². The van der Waals surface area contributed by atoms with Crippen LogP contribution in [0.4, 0.5) is 0 Å². The first-order chi connectivity index (χ1) is 7.71. The van der Waals surface area contributed by atoms with Crippen molar-refractivity contribution in [3.05, 3.63) is 12.2 Å². The van der Waals surface area contributed by atoms with Gasteiger partial charge in [-0.25, -0.2) is 0 Å². The Morgan fingerprint density at radius 2 is 1.29 bits per heavy atom. The molecular weight excluding hydrogens is 212 g/mol. The molecule has 0 bridgehead atoms. The number of ether oxygens (including phenoxy) is 2. The Morgan fingerprint density at radius 1 is 0.765 bits per heavy atom. The molecule has 0 saturated heterocycles. The highest BCUT2D eigenvalue weighted by Gasteiger charge is 2.09. The molecule has 0 aliphatic rings. The van der Waals surface area contributed by atoms with Gasteiger partial charge < -0.3 is 9.47 Å². The lowest BCUT2D eigenvalue weighted by molar-refractivity contribution is 0.0900. The van der Waals surface area contributed by atoms with Gasteiger partial charge in [-0.1, -0.05) is 53.7 Å². The second kappa shape index (κ2) is 7.88.